The van der Waals surface area contributed by atoms with Gasteiger partial charge in [-0.15, -0.1) is 0 Å². The van der Waals surface area contributed by atoms with E-state index in [1.807, 2.05) is 13.0 Å². The molecule has 176 valence electrons. The summed E-state index contributed by atoms with van der Waals surface area (Å²) in [6.45, 7) is 5.60. The van der Waals surface area contributed by atoms with Gasteiger partial charge >= 0.3 is 5.97 Å². The molecule has 33 heavy (non-hydrogen) atoms. The molecule has 1 aromatic carbocycles. The molecule has 2 heterocycles. The van der Waals surface area contributed by atoms with Crippen molar-refractivity contribution in [1.29, 1.82) is 0 Å². The second kappa shape index (κ2) is 9.17. The van der Waals surface area contributed by atoms with Gasteiger partial charge in [0.05, 0.1) is 23.9 Å². The first kappa shape index (κ1) is 23.3. The molecule has 0 saturated heterocycles. The first-order chi connectivity index (χ1) is 15.7. The molecule has 2 amide bonds. The lowest BCUT2D eigenvalue weighted by molar-refractivity contribution is -0.127. The van der Waals surface area contributed by atoms with Gasteiger partial charge in [0, 0.05) is 12.1 Å². The van der Waals surface area contributed by atoms with Gasteiger partial charge in [-0.25, -0.2) is 4.79 Å². The Hall–Kier alpha value is -2.87. The SMILES string of the molecule is CCOC(=O)c1cc2n(n1)CC(C)(C(=O)NC1CCCCC1)N(c1ccc(C)cc1Cl)C2=O. The van der Waals surface area contributed by atoms with E-state index in [2.05, 4.69) is 10.4 Å². The van der Waals surface area contributed by atoms with Crippen LogP contribution in [0.25, 0.3) is 0 Å². The number of hydrogen-bond donors (Lipinski definition) is 1. The lowest BCUT2D eigenvalue weighted by Crippen LogP contribution is -2.65. The fourth-order valence-electron chi connectivity index (χ4n) is 4.64. The molecule has 0 radical (unpaired) electrons. The summed E-state index contributed by atoms with van der Waals surface area (Å²) < 4.78 is 6.47. The number of carbonyl (C=O) groups excluding carboxylic acids is 3. The Morgan fingerprint density at radius 1 is 1.24 bits per heavy atom. The highest BCUT2D eigenvalue weighted by molar-refractivity contribution is 6.34. The van der Waals surface area contributed by atoms with E-state index in [0.29, 0.717) is 10.7 Å². The van der Waals surface area contributed by atoms with Crippen LogP contribution in [-0.2, 0) is 16.1 Å². The van der Waals surface area contributed by atoms with E-state index in [-0.39, 0.29) is 36.5 Å². The number of esters is 1. The smallest absolute Gasteiger partial charge is 0.358 e. The average Bonchev–Trinajstić information content (AvgIpc) is 3.20. The molecule has 8 nitrogen and oxygen atoms in total. The Morgan fingerprint density at radius 2 is 1.97 bits per heavy atom. The molecule has 1 aliphatic heterocycles. The van der Waals surface area contributed by atoms with E-state index in [9.17, 15) is 14.4 Å². The van der Waals surface area contributed by atoms with Gasteiger partial charge in [-0.05, 0) is 51.3 Å². The highest BCUT2D eigenvalue weighted by atomic mass is 35.5. The van der Waals surface area contributed by atoms with Crippen molar-refractivity contribution in [2.24, 2.45) is 0 Å². The summed E-state index contributed by atoms with van der Waals surface area (Å²) in [5.41, 5.74) is 0.331. The molecule has 1 atom stereocenters. The van der Waals surface area contributed by atoms with Crippen LogP contribution >= 0.6 is 11.6 Å². The maximum absolute atomic E-state index is 13.7. The quantitative estimate of drug-likeness (QED) is 0.666. The van der Waals surface area contributed by atoms with E-state index in [0.717, 1.165) is 31.2 Å². The van der Waals surface area contributed by atoms with Crippen molar-refractivity contribution in [2.75, 3.05) is 11.5 Å². The molecule has 9 heteroatoms. The van der Waals surface area contributed by atoms with E-state index in [1.54, 1.807) is 26.0 Å². The standard InChI is InChI=1S/C24H29ClN4O4/c1-4-33-22(31)18-13-20-21(30)29(19-11-10-15(2)12-17(19)25)24(3,14-28(20)27-18)23(32)26-16-8-6-5-7-9-16/h10-13,16H,4-9,14H2,1-3H3,(H,26,32). The Balaban J connectivity index is 1.77. The summed E-state index contributed by atoms with van der Waals surface area (Å²) in [5, 5.41) is 7.82. The summed E-state index contributed by atoms with van der Waals surface area (Å²) >= 11 is 6.55. The Morgan fingerprint density at radius 3 is 2.64 bits per heavy atom. The number of ether oxygens (including phenoxy) is 1. The monoisotopic (exact) mass is 472 g/mol. The van der Waals surface area contributed by atoms with E-state index >= 15 is 0 Å². The number of rotatable bonds is 5. The molecule has 1 aliphatic carbocycles. The number of carbonyl (C=O) groups is 3. The van der Waals surface area contributed by atoms with Gasteiger partial charge < -0.3 is 10.1 Å². The number of halogens is 1. The van der Waals surface area contributed by atoms with Gasteiger partial charge in [0.25, 0.3) is 5.91 Å². The first-order valence-electron chi connectivity index (χ1n) is 11.4. The molecule has 1 N–H and O–H groups in total. The van der Waals surface area contributed by atoms with E-state index in [4.69, 9.17) is 16.3 Å². The maximum Gasteiger partial charge on any atom is 0.358 e. The first-order valence-corrected chi connectivity index (χ1v) is 11.8. The van der Waals surface area contributed by atoms with Crippen molar-refractivity contribution in [1.82, 2.24) is 15.1 Å². The summed E-state index contributed by atoms with van der Waals surface area (Å²) in [5.74, 6) is -1.32. The third kappa shape index (κ3) is 4.36. The molecular weight excluding hydrogens is 444 g/mol. The number of aromatic nitrogens is 2. The summed E-state index contributed by atoms with van der Waals surface area (Å²) in [6.07, 6.45) is 5.14. The predicted octanol–water partition coefficient (Wildman–Crippen LogP) is 3.89. The lowest BCUT2D eigenvalue weighted by atomic mass is 9.91. The van der Waals surface area contributed by atoms with Crippen molar-refractivity contribution in [2.45, 2.75) is 71.0 Å². The van der Waals surface area contributed by atoms with E-state index in [1.165, 1.54) is 22.1 Å². The van der Waals surface area contributed by atoms with Gasteiger partial charge in [0.15, 0.2) is 5.69 Å². The Bertz CT molecular complexity index is 1090. The number of nitrogens with one attached hydrogen (secondary N) is 1. The zero-order valence-corrected chi connectivity index (χ0v) is 19.9. The second-order valence-corrected chi connectivity index (χ2v) is 9.38. The average molecular weight is 473 g/mol. The fourth-order valence-corrected chi connectivity index (χ4v) is 4.96. The summed E-state index contributed by atoms with van der Waals surface area (Å²) in [6, 6.07) is 6.85. The van der Waals surface area contributed by atoms with Crippen LogP contribution < -0.4 is 10.2 Å². The van der Waals surface area contributed by atoms with E-state index < -0.39 is 17.4 Å². The minimum absolute atomic E-state index is 0.0343. The van der Waals surface area contributed by atoms with Gasteiger partial charge in [0.2, 0.25) is 5.91 Å². The highest BCUT2D eigenvalue weighted by Crippen LogP contribution is 2.37. The maximum atomic E-state index is 13.7. The molecule has 2 aromatic rings. The molecule has 1 saturated carbocycles. The highest BCUT2D eigenvalue weighted by Gasteiger charge is 2.50. The van der Waals surface area contributed by atoms with Crippen LogP contribution in [0.15, 0.2) is 24.3 Å². The molecule has 0 spiro atoms. The van der Waals surface area contributed by atoms with Crippen molar-refractivity contribution in [3.8, 4) is 0 Å². The minimum atomic E-state index is -1.29. The van der Waals surface area contributed by atoms with Crippen LogP contribution in [0.5, 0.6) is 0 Å². The molecule has 1 aromatic heterocycles. The number of benzene rings is 1. The predicted molar refractivity (Wildman–Crippen MR) is 125 cm³/mol. The number of fused-ring (bicyclic) bond motifs is 1. The third-order valence-electron chi connectivity index (χ3n) is 6.41. The van der Waals surface area contributed by atoms with Crippen LogP contribution in [-0.4, -0.2) is 45.8 Å². The van der Waals surface area contributed by atoms with Crippen molar-refractivity contribution < 1.29 is 19.1 Å². The Labute approximate surface area is 198 Å². The number of amides is 2. The number of aryl methyl sites for hydroxylation is 1. The molecule has 4 rings (SSSR count). The van der Waals surface area contributed by atoms with Crippen LogP contribution in [0.4, 0.5) is 5.69 Å². The van der Waals surface area contributed by atoms with Crippen LogP contribution in [0.2, 0.25) is 5.02 Å². The molecule has 1 unspecified atom stereocenters. The second-order valence-electron chi connectivity index (χ2n) is 8.97. The largest absolute Gasteiger partial charge is 0.461 e. The van der Waals surface area contributed by atoms with Gasteiger partial charge in [-0.1, -0.05) is 36.9 Å². The van der Waals surface area contributed by atoms with Crippen molar-refractivity contribution >= 4 is 35.1 Å². The molecule has 0 bridgehead atoms. The van der Waals surface area contributed by atoms with Gasteiger partial charge in [0.1, 0.15) is 11.2 Å². The summed E-state index contributed by atoms with van der Waals surface area (Å²) in [7, 11) is 0. The number of hydrogen-bond acceptors (Lipinski definition) is 5. The molecule has 2 aliphatic rings. The number of nitrogens with zero attached hydrogens (tertiary/aromatic N) is 3. The van der Waals surface area contributed by atoms with Crippen molar-refractivity contribution in [3.63, 3.8) is 0 Å². The van der Waals surface area contributed by atoms with Crippen LogP contribution in [0, 0.1) is 6.92 Å². The van der Waals surface area contributed by atoms with Gasteiger partial charge in [-0.3, -0.25) is 19.2 Å². The molecular formula is C24H29ClN4O4. The zero-order chi connectivity index (χ0) is 23.8. The van der Waals surface area contributed by atoms with Crippen LogP contribution in [0.1, 0.15) is 72.5 Å². The van der Waals surface area contributed by atoms with Gasteiger partial charge in [-0.2, -0.15) is 5.10 Å². The summed E-state index contributed by atoms with van der Waals surface area (Å²) in [4.78, 5) is 41.1. The van der Waals surface area contributed by atoms with Crippen LogP contribution in [0.3, 0.4) is 0 Å². The van der Waals surface area contributed by atoms with Crippen molar-refractivity contribution in [3.05, 3.63) is 46.2 Å². The minimum Gasteiger partial charge on any atom is -0.461 e. The third-order valence-corrected chi connectivity index (χ3v) is 6.71. The zero-order valence-electron chi connectivity index (χ0n) is 19.2. The molecule has 1 fully saturated rings. The normalized spacial score (nSPS) is 21.0. The Kier molecular flexibility index (Phi) is 6.47. The fraction of sp³-hybridized carbons (Fsp3) is 0.500. The topological polar surface area (TPSA) is 93.5 Å². The lowest BCUT2D eigenvalue weighted by Gasteiger charge is -2.44. The number of anilines is 1.